The smallest absolute Gasteiger partial charge is 0.242 e. The highest BCUT2D eigenvalue weighted by Gasteiger charge is 2.38. The lowest BCUT2D eigenvalue weighted by Gasteiger charge is -2.28. The Hall–Kier alpha value is -0.650. The van der Waals surface area contributed by atoms with Gasteiger partial charge in [0.2, 0.25) is 5.91 Å². The number of nitrogens with two attached hydrogens (primary N) is 1. The van der Waals surface area contributed by atoms with Gasteiger partial charge in [-0.25, -0.2) is 0 Å². The van der Waals surface area contributed by atoms with Crippen LogP contribution < -0.4 is 11.1 Å². The molecule has 1 fully saturated rings. The third-order valence-corrected chi connectivity index (χ3v) is 3.24. The first-order valence-corrected chi connectivity index (χ1v) is 6.15. The number of ether oxygens (including phenoxy) is 1. The number of carbonyl (C=O) groups excluding carboxylic acids is 1. The molecule has 1 rings (SSSR count). The van der Waals surface area contributed by atoms with Gasteiger partial charge in [0.15, 0.2) is 0 Å². The maximum Gasteiger partial charge on any atom is 0.242 e. The van der Waals surface area contributed by atoms with E-state index in [2.05, 4.69) is 19.2 Å². The molecule has 4 N–H and O–H groups in total. The first-order valence-electron chi connectivity index (χ1n) is 6.15. The maximum absolute atomic E-state index is 11.9. The van der Waals surface area contributed by atoms with Gasteiger partial charge in [0.05, 0.1) is 6.61 Å². The van der Waals surface area contributed by atoms with Gasteiger partial charge in [0, 0.05) is 19.8 Å². The normalized spacial score (nSPS) is 24.9. The predicted molar refractivity (Wildman–Crippen MR) is 65.5 cm³/mol. The van der Waals surface area contributed by atoms with Crippen molar-refractivity contribution >= 4 is 5.91 Å². The summed E-state index contributed by atoms with van der Waals surface area (Å²) in [5.74, 6) is -0.132. The minimum atomic E-state index is -0.854. The first-order chi connectivity index (χ1) is 7.90. The highest BCUT2D eigenvalue weighted by molar-refractivity contribution is 5.86. The van der Waals surface area contributed by atoms with Gasteiger partial charge >= 0.3 is 0 Å². The monoisotopic (exact) mass is 244 g/mol. The van der Waals surface area contributed by atoms with E-state index in [1.54, 1.807) is 0 Å². The van der Waals surface area contributed by atoms with Crippen LogP contribution in [0.2, 0.25) is 0 Å². The minimum absolute atomic E-state index is 0.0196. The molecular formula is C12H24N2O3. The molecule has 1 aliphatic rings. The summed E-state index contributed by atoms with van der Waals surface area (Å²) in [6.45, 7) is 5.75. The van der Waals surface area contributed by atoms with Crippen LogP contribution in [0.4, 0.5) is 0 Å². The first kappa shape index (κ1) is 14.4. The zero-order valence-corrected chi connectivity index (χ0v) is 10.8. The molecule has 1 heterocycles. The van der Waals surface area contributed by atoms with Crippen LogP contribution in [-0.2, 0) is 9.53 Å². The highest BCUT2D eigenvalue weighted by atomic mass is 16.5. The van der Waals surface area contributed by atoms with Crippen molar-refractivity contribution < 1.29 is 14.6 Å². The van der Waals surface area contributed by atoms with E-state index >= 15 is 0 Å². The van der Waals surface area contributed by atoms with Crippen molar-refractivity contribution in [3.63, 3.8) is 0 Å². The summed E-state index contributed by atoms with van der Waals surface area (Å²) in [4.78, 5) is 11.9. The predicted octanol–water partition coefficient (Wildman–Crippen LogP) is 0.0191. The van der Waals surface area contributed by atoms with Crippen molar-refractivity contribution in [2.45, 2.75) is 38.6 Å². The average Bonchev–Trinajstić information content (AvgIpc) is 2.72. The van der Waals surface area contributed by atoms with Crippen LogP contribution in [-0.4, -0.2) is 42.9 Å². The van der Waals surface area contributed by atoms with E-state index < -0.39 is 5.54 Å². The van der Waals surface area contributed by atoms with Crippen molar-refractivity contribution in [2.24, 2.45) is 11.1 Å². The largest absolute Gasteiger partial charge is 0.396 e. The Labute approximate surface area is 103 Å². The summed E-state index contributed by atoms with van der Waals surface area (Å²) < 4.78 is 5.16. The molecule has 0 spiro atoms. The number of rotatable bonds is 6. The molecule has 1 atom stereocenters. The third-order valence-electron chi connectivity index (χ3n) is 3.24. The van der Waals surface area contributed by atoms with Crippen LogP contribution in [0.3, 0.4) is 0 Å². The molecule has 100 valence electrons. The van der Waals surface area contributed by atoms with Crippen LogP contribution in [0.5, 0.6) is 0 Å². The second kappa shape index (κ2) is 5.80. The van der Waals surface area contributed by atoms with Crippen LogP contribution in [0.25, 0.3) is 0 Å². The molecule has 5 nitrogen and oxygen atoms in total. The van der Waals surface area contributed by atoms with Crippen molar-refractivity contribution in [3.05, 3.63) is 0 Å². The number of hydrogen-bond acceptors (Lipinski definition) is 4. The van der Waals surface area contributed by atoms with E-state index in [1.807, 2.05) is 0 Å². The zero-order chi connectivity index (χ0) is 12.9. The summed E-state index contributed by atoms with van der Waals surface area (Å²) in [6, 6.07) is 0. The average molecular weight is 244 g/mol. The second-order valence-electron chi connectivity index (χ2n) is 5.63. The van der Waals surface area contributed by atoms with Crippen LogP contribution in [0.1, 0.15) is 33.1 Å². The fourth-order valence-electron chi connectivity index (χ4n) is 1.90. The Morgan fingerprint density at radius 1 is 1.59 bits per heavy atom. The fraction of sp³-hybridized carbons (Fsp3) is 0.917. The summed E-state index contributed by atoms with van der Waals surface area (Å²) >= 11 is 0. The quantitative estimate of drug-likeness (QED) is 0.615. The lowest BCUT2D eigenvalue weighted by Crippen LogP contribution is -2.55. The zero-order valence-electron chi connectivity index (χ0n) is 10.8. The summed E-state index contributed by atoms with van der Waals surface area (Å²) in [5.41, 5.74) is 5.08. The molecule has 0 aliphatic carbocycles. The lowest BCUT2D eigenvalue weighted by atomic mass is 9.87. The Kier molecular flexibility index (Phi) is 4.91. The van der Waals surface area contributed by atoms with Crippen molar-refractivity contribution in [1.29, 1.82) is 0 Å². The Morgan fingerprint density at radius 2 is 2.29 bits per heavy atom. The molecular weight excluding hydrogens is 220 g/mol. The molecule has 1 unspecified atom stereocenters. The molecule has 0 radical (unpaired) electrons. The van der Waals surface area contributed by atoms with Gasteiger partial charge < -0.3 is 20.9 Å². The second-order valence-corrected chi connectivity index (χ2v) is 5.63. The summed E-state index contributed by atoms with van der Waals surface area (Å²) in [5, 5.41) is 11.7. The number of aliphatic hydroxyl groups excluding tert-OH is 1. The van der Waals surface area contributed by atoms with E-state index in [4.69, 9.17) is 15.6 Å². The third kappa shape index (κ3) is 4.26. The van der Waals surface area contributed by atoms with Crippen LogP contribution >= 0.6 is 0 Å². The number of amides is 1. The molecule has 0 saturated carbocycles. The summed E-state index contributed by atoms with van der Waals surface area (Å²) in [7, 11) is 0. The fourth-order valence-corrected chi connectivity index (χ4v) is 1.90. The molecule has 0 aromatic carbocycles. The molecule has 17 heavy (non-hydrogen) atoms. The molecule has 5 heteroatoms. The lowest BCUT2D eigenvalue weighted by molar-refractivity contribution is -0.126. The van der Waals surface area contributed by atoms with E-state index in [-0.39, 0.29) is 17.9 Å². The topological polar surface area (TPSA) is 84.6 Å². The standard InChI is InChI=1S/C12H24N2O3/c1-11(2,4-3-6-15)8-14-10(16)12(13)5-7-17-9-12/h15H,3-9,13H2,1-2H3,(H,14,16). The maximum atomic E-state index is 11.9. The van der Waals surface area contributed by atoms with Gasteiger partial charge in [-0.2, -0.15) is 0 Å². The van der Waals surface area contributed by atoms with E-state index in [0.29, 0.717) is 26.2 Å². The van der Waals surface area contributed by atoms with Gasteiger partial charge in [0.25, 0.3) is 0 Å². The van der Waals surface area contributed by atoms with E-state index in [0.717, 1.165) is 12.8 Å². The number of carbonyl (C=O) groups is 1. The SMILES string of the molecule is CC(C)(CCCO)CNC(=O)C1(N)CCOC1. The van der Waals surface area contributed by atoms with Gasteiger partial charge in [-0.15, -0.1) is 0 Å². The molecule has 1 saturated heterocycles. The molecule has 0 aromatic rings. The molecule has 1 aliphatic heterocycles. The number of hydrogen-bond donors (Lipinski definition) is 3. The molecule has 1 amide bonds. The highest BCUT2D eigenvalue weighted by Crippen LogP contribution is 2.22. The van der Waals surface area contributed by atoms with Crippen molar-refractivity contribution in [2.75, 3.05) is 26.4 Å². The van der Waals surface area contributed by atoms with Gasteiger partial charge in [-0.1, -0.05) is 13.8 Å². The van der Waals surface area contributed by atoms with Crippen molar-refractivity contribution in [1.82, 2.24) is 5.32 Å². The van der Waals surface area contributed by atoms with E-state index in [9.17, 15) is 4.79 Å². The van der Waals surface area contributed by atoms with Crippen LogP contribution in [0, 0.1) is 5.41 Å². The molecule has 0 aromatic heterocycles. The Morgan fingerprint density at radius 3 is 2.82 bits per heavy atom. The van der Waals surface area contributed by atoms with Gasteiger partial charge in [-0.05, 0) is 24.7 Å². The van der Waals surface area contributed by atoms with Crippen LogP contribution in [0.15, 0.2) is 0 Å². The van der Waals surface area contributed by atoms with E-state index in [1.165, 1.54) is 0 Å². The minimum Gasteiger partial charge on any atom is -0.396 e. The number of nitrogens with one attached hydrogen (secondary N) is 1. The summed E-state index contributed by atoms with van der Waals surface area (Å²) in [6.07, 6.45) is 2.20. The van der Waals surface area contributed by atoms with Gasteiger partial charge in [-0.3, -0.25) is 4.79 Å². The van der Waals surface area contributed by atoms with Crippen molar-refractivity contribution in [3.8, 4) is 0 Å². The molecule has 0 bridgehead atoms. The van der Waals surface area contributed by atoms with Gasteiger partial charge in [0.1, 0.15) is 5.54 Å². The Bertz CT molecular complexity index is 260. The number of aliphatic hydroxyl groups is 1. The Balaban J connectivity index is 2.36.